The molecule has 0 aliphatic heterocycles. The van der Waals surface area contributed by atoms with Gasteiger partial charge in [-0.15, -0.1) is 0 Å². The summed E-state index contributed by atoms with van der Waals surface area (Å²) in [5.74, 6) is -0.442. The van der Waals surface area contributed by atoms with Crippen molar-refractivity contribution in [3.63, 3.8) is 0 Å². The highest BCUT2D eigenvalue weighted by atomic mass is 16.5. The van der Waals surface area contributed by atoms with Crippen molar-refractivity contribution < 1.29 is 13.6 Å². The van der Waals surface area contributed by atoms with Gasteiger partial charge in [-0.2, -0.15) is 5.10 Å². The number of rotatable bonds is 4. The number of aryl methyl sites for hydroxylation is 1. The topological polar surface area (TPSA) is 90.3 Å². The summed E-state index contributed by atoms with van der Waals surface area (Å²) in [4.78, 5) is 25.6. The number of amides is 1. The zero-order valence-corrected chi connectivity index (χ0v) is 17.0. The average Bonchev–Trinajstić information content (AvgIpc) is 3.32. The molecule has 0 aliphatic carbocycles. The average molecular weight is 413 g/mol. The quantitative estimate of drug-likeness (QED) is 0.463. The Hall–Kier alpha value is -4.13. The van der Waals surface area contributed by atoms with Gasteiger partial charge in [-0.1, -0.05) is 42.5 Å². The van der Waals surface area contributed by atoms with Crippen LogP contribution in [0.5, 0.6) is 0 Å². The predicted octanol–water partition coefficient (Wildman–Crippen LogP) is 4.65. The minimum Gasteiger partial charge on any atom is -0.425 e. The highest BCUT2D eigenvalue weighted by molar-refractivity contribution is 6.05. The van der Waals surface area contributed by atoms with Crippen molar-refractivity contribution in [3.05, 3.63) is 93.6 Å². The van der Waals surface area contributed by atoms with E-state index in [4.69, 9.17) is 8.83 Å². The predicted molar refractivity (Wildman–Crippen MR) is 117 cm³/mol. The lowest BCUT2D eigenvalue weighted by Crippen LogP contribution is -2.12. The fourth-order valence-corrected chi connectivity index (χ4v) is 3.67. The Balaban J connectivity index is 1.46. The third-order valence-electron chi connectivity index (χ3n) is 5.30. The molecule has 0 saturated carbocycles. The van der Waals surface area contributed by atoms with E-state index >= 15 is 0 Å². The summed E-state index contributed by atoms with van der Waals surface area (Å²) in [6.07, 6.45) is 0. The van der Waals surface area contributed by atoms with Gasteiger partial charge in [0.05, 0.1) is 29.0 Å². The largest absolute Gasteiger partial charge is 0.425 e. The highest BCUT2D eigenvalue weighted by Gasteiger charge is 2.20. The molecule has 0 bridgehead atoms. The SMILES string of the molecule is Cc1nn(Cc2ccccc2)c(C)c1NC(=O)c1cc2c(=O)c3ccccc3oc2o1. The van der Waals surface area contributed by atoms with Crippen molar-refractivity contribution in [2.45, 2.75) is 20.4 Å². The van der Waals surface area contributed by atoms with Crippen LogP contribution in [-0.4, -0.2) is 15.7 Å². The van der Waals surface area contributed by atoms with E-state index < -0.39 is 5.91 Å². The van der Waals surface area contributed by atoms with Crippen LogP contribution in [0.2, 0.25) is 0 Å². The molecule has 0 saturated heterocycles. The summed E-state index contributed by atoms with van der Waals surface area (Å²) in [5, 5.41) is 8.09. The van der Waals surface area contributed by atoms with Crippen molar-refractivity contribution in [2.75, 3.05) is 5.32 Å². The van der Waals surface area contributed by atoms with Gasteiger partial charge in [0.25, 0.3) is 5.91 Å². The van der Waals surface area contributed by atoms with E-state index in [1.807, 2.05) is 48.9 Å². The van der Waals surface area contributed by atoms with Gasteiger partial charge in [0.15, 0.2) is 5.76 Å². The Kier molecular flexibility index (Phi) is 4.43. The normalized spacial score (nSPS) is 11.3. The lowest BCUT2D eigenvalue weighted by molar-refractivity contribution is 0.0997. The molecule has 5 aromatic rings. The first-order valence-electron chi connectivity index (χ1n) is 9.86. The minimum absolute atomic E-state index is 0.000709. The zero-order chi connectivity index (χ0) is 21.5. The summed E-state index contributed by atoms with van der Waals surface area (Å²) in [5.41, 5.74) is 3.42. The van der Waals surface area contributed by atoms with E-state index in [9.17, 15) is 9.59 Å². The Morgan fingerprint density at radius 3 is 2.55 bits per heavy atom. The molecule has 5 rings (SSSR count). The number of nitrogens with zero attached hydrogens (tertiary/aromatic N) is 2. The summed E-state index contributed by atoms with van der Waals surface area (Å²) in [6.45, 7) is 4.33. The molecule has 0 unspecified atom stereocenters. The zero-order valence-electron chi connectivity index (χ0n) is 17.0. The molecule has 31 heavy (non-hydrogen) atoms. The molecular weight excluding hydrogens is 394 g/mol. The van der Waals surface area contributed by atoms with E-state index in [1.54, 1.807) is 24.3 Å². The summed E-state index contributed by atoms with van der Waals surface area (Å²) in [6, 6.07) is 18.3. The maximum atomic E-state index is 12.9. The second kappa shape index (κ2) is 7.28. The van der Waals surface area contributed by atoms with Crippen LogP contribution in [0.15, 0.2) is 74.3 Å². The molecule has 7 heteroatoms. The summed E-state index contributed by atoms with van der Waals surface area (Å²) in [7, 11) is 0. The molecule has 1 N–H and O–H groups in total. The van der Waals surface area contributed by atoms with Crippen LogP contribution in [0.4, 0.5) is 5.69 Å². The van der Waals surface area contributed by atoms with Crippen molar-refractivity contribution >= 4 is 33.7 Å². The molecule has 0 radical (unpaired) electrons. The number of furan rings is 1. The number of nitrogens with one attached hydrogen (secondary N) is 1. The van der Waals surface area contributed by atoms with Gasteiger partial charge in [0.2, 0.25) is 5.43 Å². The monoisotopic (exact) mass is 413 g/mol. The van der Waals surface area contributed by atoms with Crippen LogP contribution in [0.25, 0.3) is 22.1 Å². The number of carbonyl (C=O) groups excluding carboxylic acids is 1. The Morgan fingerprint density at radius 2 is 1.74 bits per heavy atom. The van der Waals surface area contributed by atoms with Crippen LogP contribution in [-0.2, 0) is 6.54 Å². The van der Waals surface area contributed by atoms with E-state index in [1.165, 1.54) is 6.07 Å². The standard InChI is InChI=1S/C24H19N3O4/c1-14-21(15(2)27(26-14)13-16-8-4-3-5-9-16)25-23(29)20-12-18-22(28)17-10-6-7-11-19(17)30-24(18)31-20/h3-12H,13H2,1-2H3,(H,25,29). The first kappa shape index (κ1) is 18.9. The molecule has 154 valence electrons. The van der Waals surface area contributed by atoms with E-state index in [0.29, 0.717) is 28.9 Å². The molecule has 1 amide bonds. The molecule has 3 aromatic heterocycles. The maximum absolute atomic E-state index is 12.9. The molecule has 0 fully saturated rings. The number of aromatic nitrogens is 2. The van der Waals surface area contributed by atoms with E-state index in [2.05, 4.69) is 10.4 Å². The molecule has 0 aliphatic rings. The number of anilines is 1. The van der Waals surface area contributed by atoms with Crippen LogP contribution < -0.4 is 10.7 Å². The van der Waals surface area contributed by atoms with E-state index in [-0.39, 0.29) is 22.4 Å². The lowest BCUT2D eigenvalue weighted by Gasteiger charge is -2.06. The Bertz CT molecular complexity index is 1490. The second-order valence-corrected chi connectivity index (χ2v) is 7.38. The maximum Gasteiger partial charge on any atom is 0.302 e. The van der Waals surface area contributed by atoms with Crippen LogP contribution in [0.3, 0.4) is 0 Å². The Labute approximate surface area is 176 Å². The molecule has 0 spiro atoms. The number of fused-ring (bicyclic) bond motifs is 2. The van der Waals surface area contributed by atoms with Crippen molar-refractivity contribution in [1.29, 1.82) is 0 Å². The first-order chi connectivity index (χ1) is 15.0. The minimum atomic E-state index is -0.472. The van der Waals surface area contributed by atoms with Gasteiger partial charge in [-0.3, -0.25) is 14.3 Å². The number of hydrogen-bond donors (Lipinski definition) is 1. The molecule has 0 atom stereocenters. The van der Waals surface area contributed by atoms with Crippen LogP contribution in [0.1, 0.15) is 27.5 Å². The molecule has 3 heterocycles. The fraction of sp³-hybridized carbons (Fsp3) is 0.125. The van der Waals surface area contributed by atoms with Gasteiger partial charge < -0.3 is 14.2 Å². The third kappa shape index (κ3) is 3.30. The number of benzene rings is 2. The lowest BCUT2D eigenvalue weighted by atomic mass is 10.2. The molecule has 2 aromatic carbocycles. The van der Waals surface area contributed by atoms with Crippen LogP contribution in [0, 0.1) is 13.8 Å². The van der Waals surface area contributed by atoms with Gasteiger partial charge in [0, 0.05) is 6.07 Å². The Morgan fingerprint density at radius 1 is 1.00 bits per heavy atom. The second-order valence-electron chi connectivity index (χ2n) is 7.38. The van der Waals surface area contributed by atoms with Gasteiger partial charge >= 0.3 is 5.78 Å². The van der Waals surface area contributed by atoms with Gasteiger partial charge in [0.1, 0.15) is 11.0 Å². The van der Waals surface area contributed by atoms with Crippen molar-refractivity contribution in [1.82, 2.24) is 9.78 Å². The third-order valence-corrected chi connectivity index (χ3v) is 5.30. The molecule has 7 nitrogen and oxygen atoms in total. The van der Waals surface area contributed by atoms with Crippen LogP contribution >= 0.6 is 0 Å². The summed E-state index contributed by atoms with van der Waals surface area (Å²) >= 11 is 0. The van der Waals surface area contributed by atoms with Gasteiger partial charge in [-0.25, -0.2) is 0 Å². The summed E-state index contributed by atoms with van der Waals surface area (Å²) < 4.78 is 13.1. The number of hydrogen-bond acceptors (Lipinski definition) is 5. The molecular formula is C24H19N3O4. The van der Waals surface area contributed by atoms with Crippen molar-refractivity contribution in [3.8, 4) is 0 Å². The fourth-order valence-electron chi connectivity index (χ4n) is 3.67. The van der Waals surface area contributed by atoms with Crippen molar-refractivity contribution in [2.24, 2.45) is 0 Å². The number of carbonyl (C=O) groups is 1. The first-order valence-corrected chi connectivity index (χ1v) is 9.86. The smallest absolute Gasteiger partial charge is 0.302 e. The van der Waals surface area contributed by atoms with Gasteiger partial charge in [-0.05, 0) is 31.5 Å². The number of para-hydroxylation sites is 1. The van der Waals surface area contributed by atoms with E-state index in [0.717, 1.165) is 11.3 Å². The highest BCUT2D eigenvalue weighted by Crippen LogP contribution is 2.25.